The molecule has 150 valence electrons. The van der Waals surface area contributed by atoms with Gasteiger partial charge in [-0.3, -0.25) is 10.1 Å². The van der Waals surface area contributed by atoms with Crippen LogP contribution in [0, 0.1) is 10.1 Å². The number of rotatable bonds is 7. The number of nitro groups is 1. The smallest absolute Gasteiger partial charge is 0.338 e. The zero-order valence-electron chi connectivity index (χ0n) is 16.3. The molecule has 3 aromatic rings. The first-order valence-electron chi connectivity index (χ1n) is 9.07. The van der Waals surface area contributed by atoms with Crippen LogP contribution in [-0.2, 0) is 11.3 Å². The van der Waals surface area contributed by atoms with Crippen LogP contribution in [0.2, 0.25) is 0 Å². The average molecular weight is 411 g/mol. The van der Waals surface area contributed by atoms with Gasteiger partial charge in [0.05, 0.1) is 16.2 Å². The predicted octanol–water partition coefficient (Wildman–Crippen LogP) is 5.24. The Labute approximate surface area is 172 Å². The SMILES string of the molecule is CNc1ccc(C(=O)OCc2csc(-c3ccc(C(C)C)cc3)n2)cc1[N+](=O)[O-]. The fourth-order valence-corrected chi connectivity index (χ4v) is 3.57. The fraction of sp³-hybridized carbons (Fsp3) is 0.238. The van der Waals surface area contributed by atoms with Crippen molar-refractivity contribution in [3.8, 4) is 10.6 Å². The minimum atomic E-state index is -0.633. The van der Waals surface area contributed by atoms with E-state index in [-0.39, 0.29) is 17.9 Å². The number of esters is 1. The van der Waals surface area contributed by atoms with E-state index >= 15 is 0 Å². The molecule has 8 heteroatoms. The number of carbonyl (C=O) groups is 1. The van der Waals surface area contributed by atoms with Crippen molar-refractivity contribution in [1.82, 2.24) is 4.98 Å². The summed E-state index contributed by atoms with van der Waals surface area (Å²) in [5.74, 6) is -0.167. The highest BCUT2D eigenvalue weighted by molar-refractivity contribution is 7.13. The maximum absolute atomic E-state index is 12.3. The van der Waals surface area contributed by atoms with E-state index in [0.29, 0.717) is 17.3 Å². The van der Waals surface area contributed by atoms with Crippen molar-refractivity contribution in [2.75, 3.05) is 12.4 Å². The molecule has 1 N–H and O–H groups in total. The van der Waals surface area contributed by atoms with Gasteiger partial charge >= 0.3 is 5.97 Å². The lowest BCUT2D eigenvalue weighted by Crippen LogP contribution is -2.07. The standard InChI is InChI=1S/C21H21N3O4S/c1-13(2)14-4-6-15(7-5-14)20-23-17(12-29-20)11-28-21(25)16-8-9-18(22-3)19(10-16)24(26)27/h4-10,12-13,22H,11H2,1-3H3. The second kappa shape index (κ2) is 8.83. The third kappa shape index (κ3) is 4.78. The Bertz CT molecular complexity index is 1030. The van der Waals surface area contributed by atoms with E-state index in [1.165, 1.54) is 35.1 Å². The number of nitro benzene ring substituents is 1. The van der Waals surface area contributed by atoms with Crippen LogP contribution in [-0.4, -0.2) is 22.9 Å². The third-order valence-electron chi connectivity index (χ3n) is 4.43. The van der Waals surface area contributed by atoms with Crippen molar-refractivity contribution in [1.29, 1.82) is 0 Å². The van der Waals surface area contributed by atoms with Crippen molar-refractivity contribution in [2.24, 2.45) is 0 Å². The van der Waals surface area contributed by atoms with Crippen LogP contribution < -0.4 is 5.32 Å². The Morgan fingerprint density at radius 2 is 1.97 bits per heavy atom. The molecular formula is C21H21N3O4S. The number of ether oxygens (including phenoxy) is 1. The Kier molecular flexibility index (Phi) is 6.23. The summed E-state index contributed by atoms with van der Waals surface area (Å²) in [7, 11) is 1.58. The summed E-state index contributed by atoms with van der Waals surface area (Å²) in [6, 6.07) is 12.4. The Balaban J connectivity index is 1.67. The van der Waals surface area contributed by atoms with Gasteiger partial charge in [-0.15, -0.1) is 11.3 Å². The molecule has 0 aliphatic rings. The van der Waals surface area contributed by atoms with E-state index in [1.807, 2.05) is 17.5 Å². The average Bonchev–Trinajstić information content (AvgIpc) is 3.20. The highest BCUT2D eigenvalue weighted by Gasteiger charge is 2.18. The van der Waals surface area contributed by atoms with Gasteiger partial charge in [-0.1, -0.05) is 38.1 Å². The maximum atomic E-state index is 12.3. The number of hydrogen-bond acceptors (Lipinski definition) is 7. The molecule has 1 heterocycles. The van der Waals surface area contributed by atoms with Crippen molar-refractivity contribution >= 4 is 28.7 Å². The molecule has 0 fully saturated rings. The van der Waals surface area contributed by atoms with E-state index < -0.39 is 10.9 Å². The lowest BCUT2D eigenvalue weighted by atomic mass is 10.0. The number of aromatic nitrogens is 1. The van der Waals surface area contributed by atoms with Crippen molar-refractivity contribution in [2.45, 2.75) is 26.4 Å². The van der Waals surface area contributed by atoms with Crippen LogP contribution in [0.15, 0.2) is 47.8 Å². The van der Waals surface area contributed by atoms with Gasteiger partial charge in [0.1, 0.15) is 17.3 Å². The van der Waals surface area contributed by atoms with Gasteiger partial charge in [0.2, 0.25) is 0 Å². The van der Waals surface area contributed by atoms with Gasteiger partial charge in [-0.2, -0.15) is 0 Å². The molecule has 0 radical (unpaired) electrons. The van der Waals surface area contributed by atoms with Crippen molar-refractivity contribution in [3.05, 3.63) is 74.8 Å². The first-order valence-corrected chi connectivity index (χ1v) is 9.95. The number of nitrogens with one attached hydrogen (secondary N) is 1. The van der Waals surface area contributed by atoms with Crippen LogP contribution in [0.25, 0.3) is 10.6 Å². The number of hydrogen-bond donors (Lipinski definition) is 1. The number of benzene rings is 2. The lowest BCUT2D eigenvalue weighted by Gasteiger charge is -2.06. The summed E-state index contributed by atoms with van der Waals surface area (Å²) >= 11 is 1.48. The third-order valence-corrected chi connectivity index (χ3v) is 5.37. The molecule has 0 saturated heterocycles. The van der Waals surface area contributed by atoms with Crippen LogP contribution >= 0.6 is 11.3 Å². The molecule has 2 aromatic carbocycles. The minimum Gasteiger partial charge on any atom is -0.456 e. The molecule has 0 unspecified atom stereocenters. The zero-order valence-corrected chi connectivity index (χ0v) is 17.2. The second-order valence-corrected chi connectivity index (χ2v) is 7.59. The van der Waals surface area contributed by atoms with E-state index in [9.17, 15) is 14.9 Å². The molecule has 7 nitrogen and oxygen atoms in total. The van der Waals surface area contributed by atoms with Gasteiger partial charge in [-0.05, 0) is 23.6 Å². The van der Waals surface area contributed by atoms with Crippen molar-refractivity contribution < 1.29 is 14.5 Å². The first kappa shape index (κ1) is 20.5. The fourth-order valence-electron chi connectivity index (χ4n) is 2.76. The highest BCUT2D eigenvalue weighted by Crippen LogP contribution is 2.27. The Morgan fingerprint density at radius 3 is 2.59 bits per heavy atom. The molecule has 3 rings (SSSR count). The van der Waals surface area contributed by atoms with E-state index in [1.54, 1.807) is 7.05 Å². The normalized spacial score (nSPS) is 10.8. The van der Waals surface area contributed by atoms with E-state index in [4.69, 9.17) is 4.74 Å². The number of carbonyl (C=O) groups excluding carboxylic acids is 1. The molecule has 0 amide bonds. The summed E-state index contributed by atoms with van der Waals surface area (Å²) in [6.45, 7) is 4.29. The van der Waals surface area contributed by atoms with E-state index in [2.05, 4.69) is 36.3 Å². The predicted molar refractivity (Wildman–Crippen MR) is 113 cm³/mol. The summed E-state index contributed by atoms with van der Waals surface area (Å²) in [5, 5.41) is 16.5. The van der Waals surface area contributed by atoms with Crippen molar-refractivity contribution in [3.63, 3.8) is 0 Å². The first-order chi connectivity index (χ1) is 13.9. The van der Waals surface area contributed by atoms with Crippen LogP contribution in [0.3, 0.4) is 0 Å². The van der Waals surface area contributed by atoms with Crippen LogP contribution in [0.5, 0.6) is 0 Å². The van der Waals surface area contributed by atoms with E-state index in [0.717, 1.165) is 10.6 Å². The van der Waals surface area contributed by atoms with Crippen LogP contribution in [0.4, 0.5) is 11.4 Å². The molecule has 0 atom stereocenters. The second-order valence-electron chi connectivity index (χ2n) is 6.74. The quantitative estimate of drug-likeness (QED) is 0.325. The van der Waals surface area contributed by atoms with Gasteiger partial charge in [0.15, 0.2) is 0 Å². The maximum Gasteiger partial charge on any atom is 0.338 e. The minimum absolute atomic E-state index is 0.000980. The molecular weight excluding hydrogens is 390 g/mol. The lowest BCUT2D eigenvalue weighted by molar-refractivity contribution is -0.384. The molecule has 0 aliphatic heterocycles. The largest absolute Gasteiger partial charge is 0.456 e. The van der Waals surface area contributed by atoms with Gasteiger partial charge in [0, 0.05) is 24.1 Å². The molecule has 0 bridgehead atoms. The zero-order chi connectivity index (χ0) is 21.0. The summed E-state index contributed by atoms with van der Waals surface area (Å²) in [5.41, 5.74) is 3.18. The molecule has 1 aromatic heterocycles. The number of thiazole rings is 1. The van der Waals surface area contributed by atoms with Crippen LogP contribution in [0.1, 0.15) is 41.4 Å². The summed E-state index contributed by atoms with van der Waals surface area (Å²) in [4.78, 5) is 27.4. The summed E-state index contributed by atoms with van der Waals surface area (Å²) < 4.78 is 5.28. The van der Waals surface area contributed by atoms with Gasteiger partial charge in [-0.25, -0.2) is 9.78 Å². The number of nitrogens with zero attached hydrogens (tertiary/aromatic N) is 2. The molecule has 0 aliphatic carbocycles. The Morgan fingerprint density at radius 1 is 1.24 bits per heavy atom. The molecule has 29 heavy (non-hydrogen) atoms. The van der Waals surface area contributed by atoms with Gasteiger partial charge < -0.3 is 10.1 Å². The highest BCUT2D eigenvalue weighted by atomic mass is 32.1. The van der Waals surface area contributed by atoms with Gasteiger partial charge in [0.25, 0.3) is 5.69 Å². The number of anilines is 1. The topological polar surface area (TPSA) is 94.4 Å². The molecule has 0 spiro atoms. The molecule has 0 saturated carbocycles. The summed E-state index contributed by atoms with van der Waals surface area (Å²) in [6.07, 6.45) is 0. The Hall–Kier alpha value is -3.26. The monoisotopic (exact) mass is 411 g/mol.